The zero-order chi connectivity index (χ0) is 22.6. The third-order valence-electron chi connectivity index (χ3n) is 5.38. The van der Waals surface area contributed by atoms with Crippen LogP contribution in [0.4, 0.5) is 17.6 Å². The molecule has 1 fully saturated rings. The van der Waals surface area contributed by atoms with Gasteiger partial charge < -0.3 is 14.2 Å². The third kappa shape index (κ3) is 3.30. The lowest BCUT2D eigenvalue weighted by Crippen LogP contribution is -2.56. The Kier molecular flexibility index (Phi) is 4.86. The first-order valence-electron chi connectivity index (χ1n) is 9.43. The zero-order valence-corrected chi connectivity index (χ0v) is 16.8. The number of benzene rings is 1. The molecule has 0 spiro atoms. The molecule has 2 aliphatic heterocycles. The summed E-state index contributed by atoms with van der Waals surface area (Å²) < 4.78 is 60.3. The van der Waals surface area contributed by atoms with Gasteiger partial charge in [0.25, 0.3) is 5.91 Å². The van der Waals surface area contributed by atoms with Gasteiger partial charge >= 0.3 is 6.18 Å². The number of carbonyl (C=O) groups is 1. The van der Waals surface area contributed by atoms with Crippen molar-refractivity contribution in [3.8, 4) is 11.6 Å². The Bertz CT molecular complexity index is 1200. The number of amides is 1. The highest BCUT2D eigenvalue weighted by Gasteiger charge is 2.45. The second-order valence-corrected chi connectivity index (χ2v) is 7.68. The Morgan fingerprint density at radius 1 is 1.16 bits per heavy atom. The summed E-state index contributed by atoms with van der Waals surface area (Å²) in [6.45, 7) is 0.415. The molecule has 2 atom stereocenters. The van der Waals surface area contributed by atoms with Crippen LogP contribution in [0.25, 0.3) is 11.6 Å². The highest BCUT2D eigenvalue weighted by atomic mass is 35.5. The normalized spacial score (nSPS) is 20.2. The Balaban J connectivity index is 1.54. The van der Waals surface area contributed by atoms with Crippen molar-refractivity contribution in [3.05, 3.63) is 58.4 Å². The number of carbonyl (C=O) groups excluding carboxylic acids is 1. The van der Waals surface area contributed by atoms with E-state index >= 15 is 0 Å². The molecule has 8 nitrogen and oxygen atoms in total. The van der Waals surface area contributed by atoms with Crippen LogP contribution in [-0.2, 0) is 17.5 Å². The van der Waals surface area contributed by atoms with E-state index in [1.807, 2.05) is 0 Å². The molecule has 2 aromatic heterocycles. The predicted octanol–water partition coefficient (Wildman–Crippen LogP) is 3.14. The molecule has 3 aromatic rings. The van der Waals surface area contributed by atoms with Gasteiger partial charge in [-0.05, 0) is 12.1 Å². The van der Waals surface area contributed by atoms with Crippen LogP contribution in [-0.4, -0.2) is 54.8 Å². The van der Waals surface area contributed by atoms with E-state index < -0.39 is 40.6 Å². The summed E-state index contributed by atoms with van der Waals surface area (Å²) in [5.41, 5.74) is -1.34. The molecule has 0 saturated carbocycles. The van der Waals surface area contributed by atoms with Crippen molar-refractivity contribution in [2.24, 2.45) is 0 Å². The van der Waals surface area contributed by atoms with E-state index in [1.165, 1.54) is 11.0 Å². The van der Waals surface area contributed by atoms with E-state index in [0.29, 0.717) is 11.6 Å². The molecule has 0 aliphatic carbocycles. The van der Waals surface area contributed by atoms with Crippen molar-refractivity contribution in [3.63, 3.8) is 0 Å². The molecule has 0 radical (unpaired) electrons. The number of aromatic nitrogens is 5. The second-order valence-electron chi connectivity index (χ2n) is 7.30. The van der Waals surface area contributed by atoms with Gasteiger partial charge in [0.2, 0.25) is 5.82 Å². The van der Waals surface area contributed by atoms with E-state index in [2.05, 4.69) is 20.2 Å². The summed E-state index contributed by atoms with van der Waals surface area (Å²) in [6, 6.07) is 2.00. The number of halogens is 5. The Labute approximate surface area is 182 Å². The highest BCUT2D eigenvalue weighted by molar-refractivity contribution is 6.34. The fourth-order valence-corrected chi connectivity index (χ4v) is 4.29. The average molecular weight is 469 g/mol. The van der Waals surface area contributed by atoms with Crippen molar-refractivity contribution < 1.29 is 27.1 Å². The molecule has 166 valence electrons. The van der Waals surface area contributed by atoms with Gasteiger partial charge in [0.1, 0.15) is 6.04 Å². The van der Waals surface area contributed by atoms with Gasteiger partial charge in [-0.2, -0.15) is 13.2 Å². The maximum atomic E-state index is 13.3. The smallest absolute Gasteiger partial charge is 0.377 e. The van der Waals surface area contributed by atoms with Crippen molar-refractivity contribution >= 4 is 17.5 Å². The summed E-state index contributed by atoms with van der Waals surface area (Å²) in [5, 5.41) is 7.56. The van der Waals surface area contributed by atoms with Crippen LogP contribution in [0, 0.1) is 5.82 Å². The molecule has 2 bridgehead atoms. The molecular weight excluding hydrogens is 456 g/mol. The molecule has 13 heteroatoms. The number of alkyl halides is 3. The monoisotopic (exact) mass is 468 g/mol. The van der Waals surface area contributed by atoms with E-state index in [9.17, 15) is 22.4 Å². The molecule has 2 aliphatic rings. The van der Waals surface area contributed by atoms with Crippen molar-refractivity contribution in [1.29, 1.82) is 0 Å². The molecule has 1 aromatic carbocycles. The number of morpholine rings is 1. The van der Waals surface area contributed by atoms with E-state index in [0.717, 1.165) is 24.5 Å². The van der Waals surface area contributed by atoms with Crippen molar-refractivity contribution in [2.75, 3.05) is 13.2 Å². The summed E-state index contributed by atoms with van der Waals surface area (Å²) in [6.07, 6.45) is -2.69. The number of hydrogen-bond donors (Lipinski definition) is 0. The molecule has 4 heterocycles. The largest absolute Gasteiger partial charge is 0.417 e. The van der Waals surface area contributed by atoms with Gasteiger partial charge in [-0.25, -0.2) is 14.4 Å². The highest BCUT2D eigenvalue weighted by Crippen LogP contribution is 2.39. The Hall–Kier alpha value is -3.12. The van der Waals surface area contributed by atoms with Gasteiger partial charge in [-0.15, -0.1) is 10.2 Å². The van der Waals surface area contributed by atoms with Gasteiger partial charge in [-0.1, -0.05) is 17.7 Å². The number of hydrogen-bond acceptors (Lipinski definition) is 6. The maximum absolute atomic E-state index is 13.3. The number of fused-ring (bicyclic) bond motifs is 4. The first kappa shape index (κ1) is 20.8. The SMILES string of the molecule is O=C(c1cccc(C(F)(F)F)c1Cl)N1C2COCC1c1nnc(-c3ncc(F)cn3)n1C2. The number of ether oxygens (including phenoxy) is 1. The molecule has 2 unspecified atom stereocenters. The minimum atomic E-state index is -4.70. The van der Waals surface area contributed by atoms with Crippen LogP contribution in [0.15, 0.2) is 30.6 Å². The lowest BCUT2D eigenvalue weighted by Gasteiger charge is -2.45. The lowest BCUT2D eigenvalue weighted by molar-refractivity contribution is -0.137. The van der Waals surface area contributed by atoms with Crippen LogP contribution >= 0.6 is 11.6 Å². The zero-order valence-electron chi connectivity index (χ0n) is 16.1. The standard InChI is InChI=1S/C19H13ClF4N6O2/c20-14-11(2-1-3-12(14)19(22,23)24)18(31)30-10-6-29-16(13(30)8-32-7-10)27-28-17(29)15-25-4-9(21)5-26-15/h1-5,10,13H,6-8H2. The Morgan fingerprint density at radius 2 is 1.91 bits per heavy atom. The predicted molar refractivity (Wildman–Crippen MR) is 101 cm³/mol. The molecule has 5 rings (SSSR count). The van der Waals surface area contributed by atoms with Crippen LogP contribution in [0.5, 0.6) is 0 Å². The van der Waals surface area contributed by atoms with E-state index in [1.54, 1.807) is 4.57 Å². The van der Waals surface area contributed by atoms with Crippen molar-refractivity contribution in [2.45, 2.75) is 24.8 Å². The summed E-state index contributed by atoms with van der Waals surface area (Å²) >= 11 is 5.98. The first-order valence-corrected chi connectivity index (χ1v) is 9.80. The topological polar surface area (TPSA) is 86.0 Å². The lowest BCUT2D eigenvalue weighted by atomic mass is 10.0. The van der Waals surface area contributed by atoms with E-state index in [-0.39, 0.29) is 31.1 Å². The summed E-state index contributed by atoms with van der Waals surface area (Å²) in [5.74, 6) is -0.452. The molecular formula is C19H13ClF4N6O2. The third-order valence-corrected chi connectivity index (χ3v) is 5.78. The fourth-order valence-electron chi connectivity index (χ4n) is 3.98. The van der Waals surface area contributed by atoms with Crippen LogP contribution in [0.3, 0.4) is 0 Å². The summed E-state index contributed by atoms with van der Waals surface area (Å²) in [7, 11) is 0. The minimum Gasteiger partial charge on any atom is -0.377 e. The second kappa shape index (κ2) is 7.48. The first-order chi connectivity index (χ1) is 15.3. The minimum absolute atomic E-state index is 0.0707. The molecule has 1 amide bonds. The summed E-state index contributed by atoms with van der Waals surface area (Å²) in [4.78, 5) is 22.6. The number of nitrogens with zero attached hydrogens (tertiary/aromatic N) is 6. The van der Waals surface area contributed by atoms with E-state index in [4.69, 9.17) is 16.3 Å². The van der Waals surface area contributed by atoms with Crippen molar-refractivity contribution in [1.82, 2.24) is 29.6 Å². The fraction of sp³-hybridized carbons (Fsp3) is 0.316. The van der Waals surface area contributed by atoms with Crippen LogP contribution in [0.2, 0.25) is 5.02 Å². The van der Waals surface area contributed by atoms with Crippen LogP contribution in [0.1, 0.15) is 27.8 Å². The quantitative estimate of drug-likeness (QED) is 0.537. The maximum Gasteiger partial charge on any atom is 0.417 e. The van der Waals surface area contributed by atoms with Gasteiger partial charge in [0.15, 0.2) is 17.5 Å². The average Bonchev–Trinajstić information content (AvgIpc) is 3.16. The molecule has 0 N–H and O–H groups in total. The number of rotatable bonds is 2. The van der Waals surface area contributed by atoms with Gasteiger partial charge in [0, 0.05) is 6.54 Å². The van der Waals surface area contributed by atoms with Crippen LogP contribution < -0.4 is 0 Å². The molecule has 1 saturated heterocycles. The van der Waals surface area contributed by atoms with Gasteiger partial charge in [-0.3, -0.25) is 4.79 Å². The Morgan fingerprint density at radius 3 is 2.62 bits per heavy atom. The molecule has 32 heavy (non-hydrogen) atoms. The van der Waals surface area contributed by atoms with Gasteiger partial charge in [0.05, 0.1) is 47.8 Å².